The summed E-state index contributed by atoms with van der Waals surface area (Å²) in [7, 11) is 0. The summed E-state index contributed by atoms with van der Waals surface area (Å²) in [5.41, 5.74) is 2.31. The molecule has 0 fully saturated rings. The van der Waals surface area contributed by atoms with Crippen LogP contribution in [0.15, 0.2) is 72.9 Å². The Morgan fingerprint density at radius 2 is 1.67 bits per heavy atom. The lowest BCUT2D eigenvalue weighted by Crippen LogP contribution is -2.13. The first-order valence-corrected chi connectivity index (χ1v) is 9.00. The van der Waals surface area contributed by atoms with E-state index in [4.69, 9.17) is 0 Å². The van der Waals surface area contributed by atoms with E-state index in [0.29, 0.717) is 22.1 Å². The van der Waals surface area contributed by atoms with E-state index < -0.39 is 0 Å². The average Bonchev–Trinajstić information content (AvgIpc) is 3.10. The third kappa shape index (κ3) is 3.83. The lowest BCUT2D eigenvalue weighted by Gasteiger charge is -2.04. The highest BCUT2D eigenvalue weighted by atomic mass is 32.1. The Bertz CT molecular complexity index is 1060. The van der Waals surface area contributed by atoms with E-state index in [1.165, 1.54) is 11.3 Å². The zero-order valence-corrected chi connectivity index (χ0v) is 14.9. The van der Waals surface area contributed by atoms with Gasteiger partial charge in [-0.2, -0.15) is 0 Å². The molecule has 132 valence electrons. The number of amides is 2. The summed E-state index contributed by atoms with van der Waals surface area (Å²) in [6.07, 6.45) is 1.57. The van der Waals surface area contributed by atoms with Crippen molar-refractivity contribution in [3.05, 3.63) is 84.2 Å². The van der Waals surface area contributed by atoms with Crippen molar-refractivity contribution in [2.45, 2.75) is 0 Å². The molecule has 0 saturated heterocycles. The number of nitrogens with zero attached hydrogens (tertiary/aromatic N) is 2. The largest absolute Gasteiger partial charge is 0.321 e. The van der Waals surface area contributed by atoms with E-state index in [9.17, 15) is 9.59 Å². The molecule has 2 N–H and O–H groups in total. The van der Waals surface area contributed by atoms with Crippen LogP contribution in [0.25, 0.3) is 10.2 Å². The van der Waals surface area contributed by atoms with Gasteiger partial charge in [-0.05, 0) is 42.5 Å². The summed E-state index contributed by atoms with van der Waals surface area (Å²) in [5.74, 6) is -0.490. The van der Waals surface area contributed by atoms with Crippen molar-refractivity contribution in [2.75, 3.05) is 10.6 Å². The fraction of sp³-hybridized carbons (Fsp3) is 0. The topological polar surface area (TPSA) is 84.0 Å². The first-order valence-electron chi connectivity index (χ1n) is 8.18. The Morgan fingerprint density at radius 1 is 0.852 bits per heavy atom. The Balaban J connectivity index is 1.52. The molecule has 0 atom stereocenters. The van der Waals surface area contributed by atoms with Crippen LogP contribution >= 0.6 is 11.3 Å². The van der Waals surface area contributed by atoms with Crippen LogP contribution in [-0.2, 0) is 0 Å². The number of carbonyl (C=O) groups is 2. The Kier molecular flexibility index (Phi) is 4.59. The van der Waals surface area contributed by atoms with Gasteiger partial charge in [-0.25, -0.2) is 4.98 Å². The molecule has 0 saturated carbocycles. The number of benzene rings is 2. The van der Waals surface area contributed by atoms with Crippen LogP contribution in [-0.4, -0.2) is 21.8 Å². The van der Waals surface area contributed by atoms with E-state index in [1.807, 2.05) is 24.3 Å². The number of anilines is 2. The first kappa shape index (κ1) is 16.9. The van der Waals surface area contributed by atoms with Crippen LogP contribution in [0, 0.1) is 0 Å². The molecular formula is C20H14N4O2S. The summed E-state index contributed by atoms with van der Waals surface area (Å²) < 4.78 is 0.859. The minimum Gasteiger partial charge on any atom is -0.321 e. The molecule has 0 spiro atoms. The fourth-order valence-corrected chi connectivity index (χ4v) is 3.41. The smallest absolute Gasteiger partial charge is 0.274 e. The molecule has 7 heteroatoms. The average molecular weight is 374 g/mol. The van der Waals surface area contributed by atoms with Crippen LogP contribution in [0.2, 0.25) is 0 Å². The highest BCUT2D eigenvalue weighted by Crippen LogP contribution is 2.28. The fourth-order valence-electron chi connectivity index (χ4n) is 2.51. The van der Waals surface area contributed by atoms with E-state index in [-0.39, 0.29) is 11.8 Å². The van der Waals surface area contributed by atoms with Crippen molar-refractivity contribution in [2.24, 2.45) is 0 Å². The molecule has 0 aliphatic carbocycles. The van der Waals surface area contributed by atoms with Gasteiger partial charge in [-0.15, -0.1) is 0 Å². The summed E-state index contributed by atoms with van der Waals surface area (Å²) in [4.78, 5) is 32.9. The zero-order valence-electron chi connectivity index (χ0n) is 14.0. The molecule has 6 nitrogen and oxygen atoms in total. The van der Waals surface area contributed by atoms with E-state index in [0.717, 1.165) is 10.2 Å². The van der Waals surface area contributed by atoms with Crippen LogP contribution in [0.1, 0.15) is 20.8 Å². The van der Waals surface area contributed by atoms with E-state index in [2.05, 4.69) is 20.6 Å². The lowest BCUT2D eigenvalue weighted by atomic mass is 10.2. The number of carbonyl (C=O) groups excluding carboxylic acids is 2. The van der Waals surface area contributed by atoms with E-state index >= 15 is 0 Å². The summed E-state index contributed by atoms with van der Waals surface area (Å²) in [6, 6.07) is 19.5. The van der Waals surface area contributed by atoms with Crippen molar-refractivity contribution in [1.82, 2.24) is 9.97 Å². The summed E-state index contributed by atoms with van der Waals surface area (Å²) >= 11 is 1.35. The quantitative estimate of drug-likeness (QED) is 0.561. The molecule has 0 bridgehead atoms. The molecule has 2 amide bonds. The maximum absolute atomic E-state index is 12.3. The second-order valence-electron chi connectivity index (χ2n) is 5.69. The van der Waals surface area contributed by atoms with Crippen molar-refractivity contribution in [3.8, 4) is 0 Å². The van der Waals surface area contributed by atoms with Gasteiger partial charge in [0.05, 0.1) is 10.2 Å². The number of pyridine rings is 1. The molecule has 0 aliphatic rings. The first-order chi connectivity index (χ1) is 13.2. The molecular weight excluding hydrogens is 360 g/mol. The number of nitrogens with one attached hydrogen (secondary N) is 2. The second-order valence-corrected chi connectivity index (χ2v) is 6.72. The molecule has 0 aliphatic heterocycles. The predicted octanol–water partition coefficient (Wildman–Crippen LogP) is 4.20. The third-order valence-corrected chi connectivity index (χ3v) is 4.73. The third-order valence-electron chi connectivity index (χ3n) is 3.80. The number of hydrogen-bond donors (Lipinski definition) is 2. The highest BCUT2D eigenvalue weighted by molar-refractivity contribution is 7.22. The van der Waals surface area contributed by atoms with Gasteiger partial charge in [0.25, 0.3) is 11.8 Å². The van der Waals surface area contributed by atoms with Crippen molar-refractivity contribution in [3.63, 3.8) is 0 Å². The number of fused-ring (bicyclic) bond motifs is 1. The van der Waals surface area contributed by atoms with Gasteiger partial charge in [0.1, 0.15) is 5.69 Å². The van der Waals surface area contributed by atoms with Crippen LogP contribution in [0.5, 0.6) is 0 Å². The van der Waals surface area contributed by atoms with Crippen LogP contribution in [0.3, 0.4) is 0 Å². The molecule has 2 aromatic heterocycles. The zero-order chi connectivity index (χ0) is 18.6. The molecule has 4 aromatic rings. The standard InChI is InChI=1S/C20H14N4O2S/c25-18(13-6-2-1-3-7-13)24-20-23-15-10-9-14(12-17(15)27-20)22-19(26)16-8-4-5-11-21-16/h1-12H,(H,22,26)(H,23,24,25). The molecule has 0 unspecified atom stereocenters. The van der Waals surface area contributed by atoms with Gasteiger partial charge >= 0.3 is 0 Å². The Hall–Kier alpha value is -3.58. The van der Waals surface area contributed by atoms with Gasteiger partial charge in [0.2, 0.25) is 0 Å². The van der Waals surface area contributed by atoms with Gasteiger partial charge in [0.15, 0.2) is 5.13 Å². The molecule has 4 rings (SSSR count). The van der Waals surface area contributed by atoms with Gasteiger partial charge in [-0.3, -0.25) is 19.9 Å². The van der Waals surface area contributed by atoms with Crippen molar-refractivity contribution < 1.29 is 9.59 Å². The second kappa shape index (κ2) is 7.35. The van der Waals surface area contributed by atoms with Crippen molar-refractivity contribution in [1.29, 1.82) is 0 Å². The molecule has 27 heavy (non-hydrogen) atoms. The molecule has 2 aromatic carbocycles. The Labute approximate surface area is 158 Å². The minimum atomic E-state index is -0.280. The molecule has 2 heterocycles. The number of rotatable bonds is 4. The predicted molar refractivity (Wildman–Crippen MR) is 106 cm³/mol. The minimum absolute atomic E-state index is 0.210. The normalized spacial score (nSPS) is 10.5. The van der Waals surface area contributed by atoms with Gasteiger partial charge < -0.3 is 5.32 Å². The molecule has 0 radical (unpaired) electrons. The van der Waals surface area contributed by atoms with Gasteiger partial charge in [-0.1, -0.05) is 35.6 Å². The SMILES string of the molecule is O=C(Nc1nc2ccc(NC(=O)c3ccccn3)cc2s1)c1ccccc1. The number of hydrogen-bond acceptors (Lipinski definition) is 5. The van der Waals surface area contributed by atoms with Crippen molar-refractivity contribution >= 4 is 44.2 Å². The summed E-state index contributed by atoms with van der Waals surface area (Å²) in [6.45, 7) is 0. The number of thiazole rings is 1. The Morgan fingerprint density at radius 3 is 2.44 bits per heavy atom. The monoisotopic (exact) mass is 374 g/mol. The number of aromatic nitrogens is 2. The maximum Gasteiger partial charge on any atom is 0.274 e. The lowest BCUT2D eigenvalue weighted by molar-refractivity contribution is 0.101. The van der Waals surface area contributed by atoms with Gasteiger partial charge in [0, 0.05) is 17.4 Å². The summed E-state index contributed by atoms with van der Waals surface area (Å²) in [5, 5.41) is 6.13. The highest BCUT2D eigenvalue weighted by Gasteiger charge is 2.11. The van der Waals surface area contributed by atoms with E-state index in [1.54, 1.807) is 48.7 Å². The van der Waals surface area contributed by atoms with Crippen LogP contribution in [0.4, 0.5) is 10.8 Å². The maximum atomic E-state index is 12.3. The van der Waals surface area contributed by atoms with Crippen LogP contribution < -0.4 is 10.6 Å².